The quantitative estimate of drug-likeness (QED) is 0.180. The molecule has 5 aromatic heterocycles. The van der Waals surface area contributed by atoms with Crippen LogP contribution in [0.3, 0.4) is 0 Å². The third-order valence-corrected chi connectivity index (χ3v) is 12.4. The smallest absolute Gasteiger partial charge is 0.239 e. The van der Waals surface area contributed by atoms with Gasteiger partial charge in [-0.05, 0) is 49.6 Å². The molecule has 0 N–H and O–H groups in total. The maximum Gasteiger partial charge on any atom is 0.239 e. The van der Waals surface area contributed by atoms with Crippen LogP contribution in [0.25, 0.3) is 105 Å². The molecule has 0 amide bonds. The molecule has 1 unspecified atom stereocenters. The molecule has 1 atom stereocenters. The van der Waals surface area contributed by atoms with E-state index < -0.39 is 0 Å². The molecule has 7 nitrogen and oxygen atoms in total. The van der Waals surface area contributed by atoms with Crippen molar-refractivity contribution in [3.63, 3.8) is 0 Å². The number of hydrogen-bond donors (Lipinski definition) is 0. The molecule has 7 heteroatoms. The van der Waals surface area contributed by atoms with Gasteiger partial charge in [0, 0.05) is 54.3 Å². The van der Waals surface area contributed by atoms with Gasteiger partial charge in [0.2, 0.25) is 11.9 Å². The van der Waals surface area contributed by atoms with E-state index in [1.165, 1.54) is 49.2 Å². The second-order valence-electron chi connectivity index (χ2n) is 15.5. The van der Waals surface area contributed by atoms with E-state index in [9.17, 15) is 0 Å². The average molecular weight is 746 g/mol. The van der Waals surface area contributed by atoms with Gasteiger partial charge in [0.05, 0.1) is 44.7 Å². The molecule has 0 radical (unpaired) electrons. The first kappa shape index (κ1) is 31.7. The highest BCUT2D eigenvalue weighted by Crippen LogP contribution is 2.44. The Hall–Kier alpha value is -7.51. The fourth-order valence-corrected chi connectivity index (χ4v) is 10.1. The van der Waals surface area contributed by atoms with E-state index in [1.54, 1.807) is 6.33 Å². The van der Waals surface area contributed by atoms with Crippen molar-refractivity contribution >= 4 is 92.9 Å². The molecule has 274 valence electrons. The highest BCUT2D eigenvalue weighted by Gasteiger charge is 2.26. The predicted molar refractivity (Wildman–Crippen MR) is 239 cm³/mol. The van der Waals surface area contributed by atoms with Gasteiger partial charge < -0.3 is 9.13 Å². The van der Waals surface area contributed by atoms with Crippen LogP contribution < -0.4 is 0 Å². The Labute approximate surface area is 332 Å². The zero-order chi connectivity index (χ0) is 37.9. The van der Waals surface area contributed by atoms with Crippen LogP contribution in [0.2, 0.25) is 0 Å². The summed E-state index contributed by atoms with van der Waals surface area (Å²) < 4.78 is 9.51. The standard InChI is InChI=1S/C51H35N7/c1-3-15-32(16-4-1)55-42-23-11-7-19-34(42)38-27-29-40-36-21-9-13-25-44(36)57(48(40)46(38)55)50-52-31-53-51(54-50)58-45-26-14-10-22-37(45)41-30-28-39-35-20-8-12-24-43(35)56(47(39)49(41)58)33-17-5-2-6-18-33/h1,3-5,7-15,17-32H,2,6,16H2. The van der Waals surface area contributed by atoms with Crippen molar-refractivity contribution in [2.75, 3.05) is 0 Å². The molecule has 0 aliphatic heterocycles. The van der Waals surface area contributed by atoms with E-state index in [4.69, 9.17) is 15.0 Å². The molecule has 13 rings (SSSR count). The molecule has 0 saturated heterocycles. The molecule has 2 aliphatic rings. The molecule has 5 heterocycles. The minimum Gasteiger partial charge on any atom is -0.331 e. The van der Waals surface area contributed by atoms with Crippen LogP contribution in [-0.2, 0) is 0 Å². The first-order valence-electron chi connectivity index (χ1n) is 20.1. The monoisotopic (exact) mass is 745 g/mol. The molecular weight excluding hydrogens is 711 g/mol. The number of hydrogen-bond acceptors (Lipinski definition) is 3. The summed E-state index contributed by atoms with van der Waals surface area (Å²) in [4.78, 5) is 15.5. The van der Waals surface area contributed by atoms with Crippen LogP contribution in [0.1, 0.15) is 25.3 Å². The number of benzene rings is 6. The maximum absolute atomic E-state index is 5.50. The summed E-state index contributed by atoms with van der Waals surface area (Å²) in [5.74, 6) is 1.16. The zero-order valence-electron chi connectivity index (χ0n) is 31.5. The van der Waals surface area contributed by atoms with Gasteiger partial charge in [-0.2, -0.15) is 4.98 Å². The number of para-hydroxylation sites is 4. The number of nitrogens with zero attached hydrogens (tertiary/aromatic N) is 7. The second-order valence-corrected chi connectivity index (χ2v) is 15.5. The van der Waals surface area contributed by atoms with Gasteiger partial charge >= 0.3 is 0 Å². The molecule has 11 aromatic rings. The molecule has 0 saturated carbocycles. The third kappa shape index (κ3) is 4.25. The molecule has 6 aromatic carbocycles. The van der Waals surface area contributed by atoms with Gasteiger partial charge in [0.15, 0.2) is 0 Å². The third-order valence-electron chi connectivity index (χ3n) is 12.4. The summed E-state index contributed by atoms with van der Waals surface area (Å²) in [5.41, 5.74) is 10.2. The van der Waals surface area contributed by atoms with Crippen molar-refractivity contribution in [3.05, 3.63) is 170 Å². The fourth-order valence-electron chi connectivity index (χ4n) is 10.1. The Balaban J connectivity index is 1.16. The van der Waals surface area contributed by atoms with Gasteiger partial charge in [-0.3, -0.25) is 9.13 Å². The van der Waals surface area contributed by atoms with Crippen molar-refractivity contribution in [1.29, 1.82) is 0 Å². The van der Waals surface area contributed by atoms with Crippen LogP contribution >= 0.6 is 0 Å². The first-order valence-corrected chi connectivity index (χ1v) is 20.1. The number of rotatable bonds is 4. The molecular formula is C51H35N7. The van der Waals surface area contributed by atoms with Crippen molar-refractivity contribution in [2.45, 2.75) is 25.3 Å². The summed E-state index contributed by atoms with van der Waals surface area (Å²) in [6, 6.07) is 44.1. The highest BCUT2D eigenvalue weighted by molar-refractivity contribution is 6.25. The Kier molecular flexibility index (Phi) is 6.55. The van der Waals surface area contributed by atoms with Gasteiger partial charge in [-0.25, -0.2) is 9.97 Å². The van der Waals surface area contributed by atoms with Crippen LogP contribution in [0.4, 0.5) is 0 Å². The Morgan fingerprint density at radius 2 is 0.948 bits per heavy atom. The van der Waals surface area contributed by atoms with Gasteiger partial charge in [0.25, 0.3) is 0 Å². The van der Waals surface area contributed by atoms with Gasteiger partial charge in [0.1, 0.15) is 6.33 Å². The number of allylic oxidation sites excluding steroid dienone is 8. The van der Waals surface area contributed by atoms with E-state index in [0.717, 1.165) is 63.0 Å². The zero-order valence-corrected chi connectivity index (χ0v) is 31.5. The predicted octanol–water partition coefficient (Wildman–Crippen LogP) is 12.5. The van der Waals surface area contributed by atoms with Gasteiger partial charge in [-0.1, -0.05) is 134 Å². The fraction of sp³-hybridized carbons (Fsp3) is 0.0784. The van der Waals surface area contributed by atoms with E-state index in [1.807, 2.05) is 0 Å². The Bertz CT molecular complexity index is 3670. The highest BCUT2D eigenvalue weighted by atomic mass is 15.3. The Morgan fingerprint density at radius 3 is 1.50 bits per heavy atom. The Morgan fingerprint density at radius 1 is 0.448 bits per heavy atom. The van der Waals surface area contributed by atoms with E-state index in [0.29, 0.717) is 11.9 Å². The van der Waals surface area contributed by atoms with Crippen molar-refractivity contribution in [1.82, 2.24) is 33.2 Å². The SMILES string of the molecule is C1=CCC(n2c3ccccc3c3ccc4c5ccccc5n(-c5ncnc(-n6c7ccccc7c7ccc8c9ccccc9n(C9=CCCC=C9)c8c76)n5)c4c32)C=C1. The van der Waals surface area contributed by atoms with Crippen LogP contribution in [0.15, 0.2) is 170 Å². The van der Waals surface area contributed by atoms with Crippen LogP contribution in [0.5, 0.6) is 0 Å². The molecule has 2 aliphatic carbocycles. The van der Waals surface area contributed by atoms with Crippen molar-refractivity contribution in [2.24, 2.45) is 0 Å². The van der Waals surface area contributed by atoms with Crippen molar-refractivity contribution < 1.29 is 0 Å². The lowest BCUT2D eigenvalue weighted by Gasteiger charge is -2.19. The lowest BCUT2D eigenvalue weighted by Crippen LogP contribution is -2.10. The number of fused-ring (bicyclic) bond motifs is 14. The number of aromatic nitrogens is 7. The summed E-state index contributed by atoms with van der Waals surface area (Å²) in [5, 5.41) is 9.52. The molecule has 58 heavy (non-hydrogen) atoms. The van der Waals surface area contributed by atoms with E-state index >= 15 is 0 Å². The molecule has 0 fully saturated rings. The topological polar surface area (TPSA) is 58.4 Å². The minimum absolute atomic E-state index is 0.166. The minimum atomic E-state index is 0.166. The normalized spacial score (nSPS) is 15.8. The largest absolute Gasteiger partial charge is 0.331 e. The first-order chi connectivity index (χ1) is 28.8. The van der Waals surface area contributed by atoms with Gasteiger partial charge in [-0.15, -0.1) is 0 Å². The summed E-state index contributed by atoms with van der Waals surface area (Å²) in [7, 11) is 0. The summed E-state index contributed by atoms with van der Waals surface area (Å²) in [6.07, 6.45) is 20.5. The lowest BCUT2D eigenvalue weighted by atomic mass is 10.1. The lowest BCUT2D eigenvalue weighted by molar-refractivity contribution is 0.648. The van der Waals surface area contributed by atoms with E-state index in [2.05, 4.69) is 182 Å². The van der Waals surface area contributed by atoms with Crippen molar-refractivity contribution in [3.8, 4) is 11.9 Å². The van der Waals surface area contributed by atoms with Crippen LogP contribution in [-0.4, -0.2) is 33.2 Å². The average Bonchev–Trinajstić information content (AvgIpc) is 4.02. The van der Waals surface area contributed by atoms with E-state index in [-0.39, 0.29) is 6.04 Å². The summed E-state index contributed by atoms with van der Waals surface area (Å²) in [6.45, 7) is 0. The summed E-state index contributed by atoms with van der Waals surface area (Å²) >= 11 is 0. The molecule has 0 bridgehead atoms. The maximum atomic E-state index is 5.50. The van der Waals surface area contributed by atoms with Crippen LogP contribution in [0, 0.1) is 0 Å². The second kappa shape index (κ2) is 12.0. The molecule has 0 spiro atoms.